The molecule has 1 fully saturated rings. The largest absolute Gasteiger partial charge is 0.380 e. The lowest BCUT2D eigenvalue weighted by molar-refractivity contribution is 0.0537. The van der Waals surface area contributed by atoms with Gasteiger partial charge in [0.05, 0.1) is 6.10 Å². The molecule has 0 aromatic heterocycles. The van der Waals surface area contributed by atoms with Crippen LogP contribution in [0, 0.1) is 5.92 Å². The van der Waals surface area contributed by atoms with Crippen LogP contribution in [0.2, 0.25) is 0 Å². The van der Waals surface area contributed by atoms with Crippen LogP contribution in [-0.4, -0.2) is 26.3 Å². The summed E-state index contributed by atoms with van der Waals surface area (Å²) in [4.78, 5) is 0. The van der Waals surface area contributed by atoms with Gasteiger partial charge < -0.3 is 10.1 Å². The number of rotatable bonds is 6. The van der Waals surface area contributed by atoms with E-state index in [1.54, 1.807) is 0 Å². The summed E-state index contributed by atoms with van der Waals surface area (Å²) in [5.74, 6) is 0.960. The molecule has 1 aliphatic rings. The molecule has 2 atom stereocenters. The first-order valence-corrected chi connectivity index (χ1v) is 5.51. The van der Waals surface area contributed by atoms with Crippen molar-refractivity contribution in [1.82, 2.24) is 5.32 Å². The van der Waals surface area contributed by atoms with Gasteiger partial charge in [0, 0.05) is 13.2 Å². The van der Waals surface area contributed by atoms with Crippen LogP contribution in [0.25, 0.3) is 0 Å². The summed E-state index contributed by atoms with van der Waals surface area (Å²) in [7, 11) is 3.87. The second kappa shape index (κ2) is 5.61. The Balaban J connectivity index is 2.30. The maximum absolute atomic E-state index is 5.46. The fourth-order valence-electron chi connectivity index (χ4n) is 2.16. The molecule has 0 saturated heterocycles. The Morgan fingerprint density at radius 1 is 1.46 bits per heavy atom. The highest BCUT2D eigenvalue weighted by Gasteiger charge is 2.25. The maximum atomic E-state index is 5.46. The van der Waals surface area contributed by atoms with Crippen LogP contribution in [0.15, 0.2) is 0 Å². The zero-order valence-corrected chi connectivity index (χ0v) is 9.18. The minimum Gasteiger partial charge on any atom is -0.380 e. The van der Waals surface area contributed by atoms with Crippen molar-refractivity contribution < 1.29 is 4.74 Å². The van der Waals surface area contributed by atoms with Gasteiger partial charge in [-0.2, -0.15) is 0 Å². The van der Waals surface area contributed by atoms with Crippen molar-refractivity contribution in [3.63, 3.8) is 0 Å². The third-order valence-corrected chi connectivity index (χ3v) is 3.34. The minimum absolute atomic E-state index is 0.394. The van der Waals surface area contributed by atoms with E-state index in [9.17, 15) is 0 Å². The van der Waals surface area contributed by atoms with E-state index in [0.717, 1.165) is 12.3 Å². The first kappa shape index (κ1) is 11.0. The molecule has 0 radical (unpaired) electrons. The monoisotopic (exact) mass is 185 g/mol. The zero-order chi connectivity index (χ0) is 9.68. The quantitative estimate of drug-likeness (QED) is 0.685. The van der Waals surface area contributed by atoms with Crippen LogP contribution >= 0.6 is 0 Å². The van der Waals surface area contributed by atoms with E-state index in [-0.39, 0.29) is 0 Å². The van der Waals surface area contributed by atoms with Crippen molar-refractivity contribution in [1.29, 1.82) is 0 Å². The Morgan fingerprint density at radius 3 is 2.46 bits per heavy atom. The van der Waals surface area contributed by atoms with Crippen molar-refractivity contribution in [2.45, 2.75) is 51.2 Å². The van der Waals surface area contributed by atoms with Gasteiger partial charge in [-0.1, -0.05) is 26.2 Å². The number of hydrogen-bond acceptors (Lipinski definition) is 2. The normalized spacial score (nSPS) is 22.4. The maximum Gasteiger partial charge on any atom is 0.0721 e. The third kappa shape index (κ3) is 2.96. The summed E-state index contributed by atoms with van der Waals surface area (Å²) in [6.07, 6.45) is 7.09. The number of ether oxygens (including phenoxy) is 1. The summed E-state index contributed by atoms with van der Waals surface area (Å²) < 4.78 is 5.46. The molecule has 1 rings (SSSR count). The lowest BCUT2D eigenvalue weighted by atomic mass is 9.79. The van der Waals surface area contributed by atoms with Gasteiger partial charge in [0.1, 0.15) is 0 Å². The molecule has 0 spiro atoms. The zero-order valence-electron chi connectivity index (χ0n) is 9.18. The number of hydrogen-bond donors (Lipinski definition) is 1. The van der Waals surface area contributed by atoms with Gasteiger partial charge >= 0.3 is 0 Å². The molecule has 0 amide bonds. The van der Waals surface area contributed by atoms with Gasteiger partial charge in [-0.15, -0.1) is 0 Å². The molecule has 2 heteroatoms. The fraction of sp³-hybridized carbons (Fsp3) is 1.00. The van der Waals surface area contributed by atoms with Gasteiger partial charge in [0.2, 0.25) is 0 Å². The van der Waals surface area contributed by atoms with Gasteiger partial charge in [0.25, 0.3) is 0 Å². The van der Waals surface area contributed by atoms with Crippen molar-refractivity contribution in [2.24, 2.45) is 5.92 Å². The summed E-state index contributed by atoms with van der Waals surface area (Å²) in [5.41, 5.74) is 0. The lowest BCUT2D eigenvalue weighted by Crippen LogP contribution is -2.40. The molecule has 0 aromatic rings. The van der Waals surface area contributed by atoms with Crippen molar-refractivity contribution >= 4 is 0 Å². The van der Waals surface area contributed by atoms with Gasteiger partial charge in [-0.3, -0.25) is 0 Å². The van der Waals surface area contributed by atoms with E-state index in [4.69, 9.17) is 4.74 Å². The summed E-state index contributed by atoms with van der Waals surface area (Å²) in [6, 6.07) is 0.556. The molecule has 1 saturated carbocycles. The predicted molar refractivity (Wildman–Crippen MR) is 55.9 cm³/mol. The molecule has 0 bridgehead atoms. The second-order valence-corrected chi connectivity index (χ2v) is 4.11. The molecule has 0 heterocycles. The molecule has 13 heavy (non-hydrogen) atoms. The molecule has 0 aliphatic heterocycles. The predicted octanol–water partition coefficient (Wildman–Crippen LogP) is 2.19. The number of likely N-dealkylation sites (N-methyl/N-ethyl adjacent to an activating group) is 1. The molecule has 1 N–H and O–H groups in total. The Labute approximate surface area is 82.0 Å². The second-order valence-electron chi connectivity index (χ2n) is 4.11. The van der Waals surface area contributed by atoms with E-state index in [1.807, 2.05) is 14.2 Å². The SMILES string of the molecule is CCC(OC)C(CC1CCC1)NC. The van der Waals surface area contributed by atoms with Crippen LogP contribution in [0.5, 0.6) is 0 Å². The summed E-state index contributed by atoms with van der Waals surface area (Å²) >= 11 is 0. The molecule has 1 aliphatic carbocycles. The summed E-state index contributed by atoms with van der Waals surface area (Å²) in [5, 5.41) is 3.38. The molecular formula is C11H23NO. The first-order valence-electron chi connectivity index (χ1n) is 5.51. The average molecular weight is 185 g/mol. The highest BCUT2D eigenvalue weighted by atomic mass is 16.5. The molecule has 0 aromatic carbocycles. The van der Waals surface area contributed by atoms with Gasteiger partial charge in [0.15, 0.2) is 0 Å². The van der Waals surface area contributed by atoms with Gasteiger partial charge in [-0.05, 0) is 25.8 Å². The number of nitrogens with one attached hydrogen (secondary N) is 1. The number of methoxy groups -OCH3 is 1. The van der Waals surface area contributed by atoms with Crippen LogP contribution in [-0.2, 0) is 4.74 Å². The van der Waals surface area contributed by atoms with Crippen molar-refractivity contribution in [3.05, 3.63) is 0 Å². The highest BCUT2D eigenvalue weighted by Crippen LogP contribution is 2.31. The van der Waals surface area contributed by atoms with Crippen LogP contribution in [0.4, 0.5) is 0 Å². The Bertz CT molecular complexity index is 130. The van der Waals surface area contributed by atoms with E-state index in [0.29, 0.717) is 12.1 Å². The van der Waals surface area contributed by atoms with Crippen LogP contribution in [0.3, 0.4) is 0 Å². The summed E-state index contributed by atoms with van der Waals surface area (Å²) in [6.45, 7) is 2.19. The van der Waals surface area contributed by atoms with Crippen molar-refractivity contribution in [3.8, 4) is 0 Å². The topological polar surface area (TPSA) is 21.3 Å². The lowest BCUT2D eigenvalue weighted by Gasteiger charge is -2.32. The van der Waals surface area contributed by atoms with Crippen LogP contribution < -0.4 is 5.32 Å². The first-order chi connectivity index (χ1) is 6.31. The smallest absolute Gasteiger partial charge is 0.0721 e. The van der Waals surface area contributed by atoms with E-state index in [1.165, 1.54) is 25.7 Å². The molecule has 78 valence electrons. The van der Waals surface area contributed by atoms with Crippen LogP contribution in [0.1, 0.15) is 39.0 Å². The van der Waals surface area contributed by atoms with E-state index in [2.05, 4.69) is 12.2 Å². The standard InChI is InChI=1S/C11H23NO/c1-4-11(13-3)10(12-2)8-9-6-5-7-9/h9-12H,4-8H2,1-3H3. The Hall–Kier alpha value is -0.0800. The Morgan fingerprint density at radius 2 is 2.15 bits per heavy atom. The average Bonchev–Trinajstić information content (AvgIpc) is 2.09. The molecule has 2 nitrogen and oxygen atoms in total. The van der Waals surface area contributed by atoms with Crippen molar-refractivity contribution in [2.75, 3.05) is 14.2 Å². The molecular weight excluding hydrogens is 162 g/mol. The van der Waals surface area contributed by atoms with E-state index < -0.39 is 0 Å². The van der Waals surface area contributed by atoms with E-state index >= 15 is 0 Å². The molecule has 2 unspecified atom stereocenters. The fourth-order valence-corrected chi connectivity index (χ4v) is 2.16. The highest BCUT2D eigenvalue weighted by molar-refractivity contribution is 4.81. The third-order valence-electron chi connectivity index (χ3n) is 3.34. The minimum atomic E-state index is 0.394. The van der Waals surface area contributed by atoms with Gasteiger partial charge in [-0.25, -0.2) is 0 Å². The Kier molecular flexibility index (Phi) is 4.74.